The SMILES string of the molecule is Clc1cccc([B-](c2cccc(Cl)c2)(c2cccc(Cl)c2)c2cccc(Cl)c2)c1.[Na+]. The van der Waals surface area contributed by atoms with Crippen LogP contribution in [0.3, 0.4) is 0 Å². The number of rotatable bonds is 4. The van der Waals surface area contributed by atoms with E-state index >= 15 is 0 Å². The number of hydrogen-bond acceptors (Lipinski definition) is 0. The van der Waals surface area contributed by atoms with Crippen molar-refractivity contribution in [2.24, 2.45) is 0 Å². The molecule has 0 saturated heterocycles. The molecule has 0 atom stereocenters. The van der Waals surface area contributed by atoms with E-state index in [4.69, 9.17) is 46.4 Å². The molecule has 0 spiro atoms. The second kappa shape index (κ2) is 10.1. The van der Waals surface area contributed by atoms with Crippen LogP contribution < -0.4 is 51.4 Å². The predicted octanol–water partition coefficient (Wildman–Crippen LogP) is 2.68. The Labute approximate surface area is 219 Å². The van der Waals surface area contributed by atoms with Gasteiger partial charge in [-0.15, -0.1) is 0 Å². The largest absolute Gasteiger partial charge is 1.00 e. The Morgan fingerprint density at radius 3 is 0.833 bits per heavy atom. The van der Waals surface area contributed by atoms with Crippen molar-refractivity contribution in [3.63, 3.8) is 0 Å². The molecule has 30 heavy (non-hydrogen) atoms. The molecule has 0 N–H and O–H groups in total. The third-order valence-corrected chi connectivity index (χ3v) is 6.34. The van der Waals surface area contributed by atoms with Crippen molar-refractivity contribution in [3.8, 4) is 0 Å². The number of benzene rings is 4. The fraction of sp³-hybridized carbons (Fsp3) is 0. The van der Waals surface area contributed by atoms with Crippen LogP contribution in [-0.2, 0) is 0 Å². The van der Waals surface area contributed by atoms with Crippen LogP contribution in [0.4, 0.5) is 0 Å². The fourth-order valence-electron chi connectivity index (χ4n) is 4.26. The standard InChI is InChI=1S/C24H16BCl4.Na/c26-21-9-1-5-17(13-21)25(18-6-2-10-22(27)14-18,19-7-3-11-23(28)15-19)20-8-4-12-24(29)16-20;/h1-16H;/q-1;+1. The molecule has 0 bridgehead atoms. The zero-order chi connectivity index (χ0) is 20.4. The number of hydrogen-bond donors (Lipinski definition) is 0. The van der Waals surface area contributed by atoms with E-state index in [0.29, 0.717) is 20.1 Å². The Bertz CT molecular complexity index is 991. The molecule has 0 heterocycles. The Kier molecular flexibility index (Phi) is 8.04. The summed E-state index contributed by atoms with van der Waals surface area (Å²) < 4.78 is 0. The molecule has 4 rings (SSSR count). The van der Waals surface area contributed by atoms with E-state index < -0.39 is 6.15 Å². The van der Waals surface area contributed by atoms with Crippen molar-refractivity contribution in [1.82, 2.24) is 0 Å². The average molecular weight is 480 g/mol. The Morgan fingerprint density at radius 1 is 0.400 bits per heavy atom. The smallest absolute Gasteiger partial charge is 0.194 e. The summed E-state index contributed by atoms with van der Waals surface area (Å²) in [5.74, 6) is 0. The molecule has 0 saturated carbocycles. The first kappa shape index (κ1) is 23.8. The summed E-state index contributed by atoms with van der Waals surface area (Å²) >= 11 is 25.8. The maximum absolute atomic E-state index is 6.44. The van der Waals surface area contributed by atoms with Crippen LogP contribution in [0.25, 0.3) is 0 Å². The van der Waals surface area contributed by atoms with Crippen LogP contribution in [0.2, 0.25) is 20.1 Å². The van der Waals surface area contributed by atoms with E-state index in [1.807, 2.05) is 72.8 Å². The minimum atomic E-state index is -1.63. The molecule has 0 unspecified atom stereocenters. The van der Waals surface area contributed by atoms with Gasteiger partial charge in [0.1, 0.15) is 6.15 Å². The van der Waals surface area contributed by atoms with E-state index in [-0.39, 0.29) is 29.6 Å². The summed E-state index contributed by atoms with van der Waals surface area (Å²) in [5, 5.41) is 2.67. The van der Waals surface area contributed by atoms with Gasteiger partial charge in [-0.3, -0.25) is 0 Å². The van der Waals surface area contributed by atoms with E-state index in [1.165, 1.54) is 0 Å². The third-order valence-electron chi connectivity index (χ3n) is 5.39. The van der Waals surface area contributed by atoms with Gasteiger partial charge in [0.2, 0.25) is 0 Å². The van der Waals surface area contributed by atoms with Gasteiger partial charge >= 0.3 is 29.6 Å². The molecule has 0 amide bonds. The molecule has 0 aliphatic carbocycles. The minimum Gasteiger partial charge on any atom is -0.194 e. The van der Waals surface area contributed by atoms with Gasteiger partial charge in [0, 0.05) is 20.1 Å². The first-order chi connectivity index (χ1) is 14.0. The maximum atomic E-state index is 6.44. The molecule has 4 aromatic carbocycles. The van der Waals surface area contributed by atoms with Crippen LogP contribution in [-0.4, -0.2) is 6.15 Å². The van der Waals surface area contributed by atoms with Crippen molar-refractivity contribution < 1.29 is 29.6 Å². The third kappa shape index (κ3) is 4.64. The first-order valence-corrected chi connectivity index (χ1v) is 10.7. The van der Waals surface area contributed by atoms with Crippen molar-refractivity contribution in [2.45, 2.75) is 0 Å². The van der Waals surface area contributed by atoms with Gasteiger partial charge in [-0.1, -0.05) is 119 Å². The molecule has 144 valence electrons. The van der Waals surface area contributed by atoms with Crippen molar-refractivity contribution >= 4 is 74.4 Å². The minimum absolute atomic E-state index is 0. The quantitative estimate of drug-likeness (QED) is 0.395. The summed E-state index contributed by atoms with van der Waals surface area (Å²) in [6.45, 7) is 0. The first-order valence-electron chi connectivity index (χ1n) is 9.20. The van der Waals surface area contributed by atoms with Gasteiger partial charge in [0.25, 0.3) is 0 Å². The molecular formula is C24H16BCl4Na. The zero-order valence-electron chi connectivity index (χ0n) is 16.3. The van der Waals surface area contributed by atoms with Crippen LogP contribution in [0.5, 0.6) is 0 Å². The van der Waals surface area contributed by atoms with Gasteiger partial charge < -0.3 is 0 Å². The Balaban J connectivity index is 0.00000256. The molecule has 0 aliphatic rings. The second-order valence-electron chi connectivity index (χ2n) is 7.09. The van der Waals surface area contributed by atoms with Crippen LogP contribution >= 0.6 is 46.4 Å². The van der Waals surface area contributed by atoms with E-state index in [9.17, 15) is 0 Å². The molecule has 6 heteroatoms. The Hall–Kier alpha value is -0.895. The summed E-state index contributed by atoms with van der Waals surface area (Å²) in [6, 6.07) is 31.7. The monoisotopic (exact) mass is 478 g/mol. The molecule has 0 aromatic heterocycles. The van der Waals surface area contributed by atoms with Gasteiger partial charge in [-0.25, -0.2) is 0 Å². The van der Waals surface area contributed by atoms with E-state index in [1.54, 1.807) is 0 Å². The van der Waals surface area contributed by atoms with Gasteiger partial charge in [0.05, 0.1) is 0 Å². The van der Waals surface area contributed by atoms with Crippen molar-refractivity contribution in [1.29, 1.82) is 0 Å². The van der Waals surface area contributed by atoms with Crippen molar-refractivity contribution in [3.05, 3.63) is 117 Å². The Morgan fingerprint density at radius 2 is 0.633 bits per heavy atom. The molecular weight excluding hydrogens is 464 g/mol. The van der Waals surface area contributed by atoms with Crippen LogP contribution in [0.1, 0.15) is 0 Å². The molecule has 0 radical (unpaired) electrons. The topological polar surface area (TPSA) is 0 Å². The van der Waals surface area contributed by atoms with Crippen LogP contribution in [0.15, 0.2) is 97.1 Å². The van der Waals surface area contributed by atoms with E-state index in [2.05, 4.69) is 24.3 Å². The predicted molar refractivity (Wildman–Crippen MR) is 130 cm³/mol. The fourth-order valence-corrected chi connectivity index (χ4v) is 5.05. The van der Waals surface area contributed by atoms with Gasteiger partial charge in [0.15, 0.2) is 0 Å². The van der Waals surface area contributed by atoms with E-state index in [0.717, 1.165) is 21.9 Å². The van der Waals surface area contributed by atoms with Crippen LogP contribution in [0, 0.1) is 0 Å². The summed E-state index contributed by atoms with van der Waals surface area (Å²) in [4.78, 5) is 0. The maximum Gasteiger partial charge on any atom is 1.00 e. The molecule has 0 aliphatic heterocycles. The van der Waals surface area contributed by atoms with Gasteiger partial charge in [-0.05, 0) is 24.3 Å². The normalized spacial score (nSPS) is 11.1. The molecule has 4 aromatic rings. The summed E-state index contributed by atoms with van der Waals surface area (Å²) in [5.41, 5.74) is 4.24. The summed E-state index contributed by atoms with van der Waals surface area (Å²) in [7, 11) is 0. The molecule has 0 nitrogen and oxygen atoms in total. The average Bonchev–Trinajstić information content (AvgIpc) is 2.69. The second-order valence-corrected chi connectivity index (χ2v) is 8.83. The number of halogens is 4. The zero-order valence-corrected chi connectivity index (χ0v) is 21.4. The van der Waals surface area contributed by atoms with Crippen molar-refractivity contribution in [2.75, 3.05) is 0 Å². The molecule has 0 fully saturated rings. The van der Waals surface area contributed by atoms with Gasteiger partial charge in [-0.2, -0.15) is 21.9 Å². The summed E-state index contributed by atoms with van der Waals surface area (Å²) in [6.07, 6.45) is -1.63.